The predicted octanol–water partition coefficient (Wildman–Crippen LogP) is 10.9. The normalized spacial score (nSPS) is 10.2. The molecule has 0 unspecified atom stereocenters. The summed E-state index contributed by atoms with van der Waals surface area (Å²) in [6.07, 6.45) is 0. The van der Waals surface area contributed by atoms with Crippen molar-refractivity contribution in [2.24, 2.45) is 0 Å². The van der Waals surface area contributed by atoms with E-state index >= 15 is 0 Å². The van der Waals surface area contributed by atoms with Gasteiger partial charge in [0.05, 0.1) is 0 Å². The van der Waals surface area contributed by atoms with Gasteiger partial charge >= 0.3 is 45.1 Å². The summed E-state index contributed by atoms with van der Waals surface area (Å²) < 4.78 is 1.86. The van der Waals surface area contributed by atoms with E-state index in [1.165, 1.54) is 55.6 Å². The molecule has 4 aliphatic carbocycles. The minimum absolute atomic E-state index is 1.19. The second-order valence-electron chi connectivity index (χ2n) is 9.13. The van der Waals surface area contributed by atoms with Crippen molar-refractivity contribution in [1.82, 2.24) is 0 Å². The van der Waals surface area contributed by atoms with Gasteiger partial charge in [-0.15, -0.1) is 58.7 Å². The van der Waals surface area contributed by atoms with Gasteiger partial charge in [0.1, 0.15) is 0 Å². The molecule has 0 N–H and O–H groups in total. The minimum atomic E-state index is -1.54. The molecule has 0 atom stereocenters. The molecule has 0 aromatic heterocycles. The molecule has 0 saturated carbocycles. The van der Waals surface area contributed by atoms with Crippen molar-refractivity contribution in [2.75, 3.05) is 0 Å². The Kier molecular flexibility index (Phi) is 10.7. The molecule has 2 aromatic rings. The fourth-order valence-electron chi connectivity index (χ4n) is 4.45. The zero-order chi connectivity index (χ0) is 27.6. The molecule has 4 aliphatic rings. The van der Waals surface area contributed by atoms with Crippen LogP contribution in [0, 0.1) is 26.0 Å². The zero-order valence-electron chi connectivity index (χ0n) is 22.4. The molecule has 0 radical (unpaired) electrons. The van der Waals surface area contributed by atoms with Crippen molar-refractivity contribution in [3.63, 3.8) is 0 Å². The fraction of sp³-hybridized carbons (Fsp3) is 0.0833. The van der Waals surface area contributed by atoms with Gasteiger partial charge in [0.15, 0.2) is 0 Å². The Labute approximate surface area is 246 Å². The van der Waals surface area contributed by atoms with E-state index < -0.39 is 15.3 Å². The van der Waals surface area contributed by atoms with Gasteiger partial charge in [0.25, 0.3) is 0 Å². The Morgan fingerprint density at radius 2 is 0.846 bits per heavy atom. The zero-order valence-corrected chi connectivity index (χ0v) is 25.5. The van der Waals surface area contributed by atoms with Crippen LogP contribution >= 0.6 is 18.6 Å². The van der Waals surface area contributed by atoms with Gasteiger partial charge < -0.3 is 0 Å². The van der Waals surface area contributed by atoms with Crippen LogP contribution in [0.15, 0.2) is 121 Å². The van der Waals surface area contributed by atoms with Crippen LogP contribution in [0.4, 0.5) is 0 Å². The number of rotatable bonds is 2. The van der Waals surface area contributed by atoms with Crippen molar-refractivity contribution in [3.05, 3.63) is 145 Å². The van der Waals surface area contributed by atoms with Crippen LogP contribution < -0.4 is 0 Å². The van der Waals surface area contributed by atoms with E-state index in [0.29, 0.717) is 0 Å². The molecule has 0 fully saturated rings. The standard InChI is InChI=1S/2C17H13.C2H4.2ClH.Ti/c2*1-13-11-15-9-5-6-10-16(17(15)12-13)14-7-3-2-4-8-14;1-2;;;/h2*2-10,12H,1H3;1H,2H3;2*1H;/q2*-1;;;;+2/p-2. The van der Waals surface area contributed by atoms with Gasteiger partial charge in [-0.05, 0) is 11.1 Å². The molecule has 2 aromatic carbocycles. The third-order valence-electron chi connectivity index (χ3n) is 6.21. The average molecular weight is 581 g/mol. The van der Waals surface area contributed by atoms with Gasteiger partial charge in [-0.3, -0.25) is 0 Å². The maximum Gasteiger partial charge on any atom is -0.0279 e. The fourth-order valence-corrected chi connectivity index (χ4v) is 4.45. The van der Waals surface area contributed by atoms with E-state index in [0.717, 1.165) is 0 Å². The number of aryl methyl sites for hydroxylation is 2. The van der Waals surface area contributed by atoms with Crippen LogP contribution in [0.2, 0.25) is 0 Å². The average Bonchev–Trinajstić information content (AvgIpc) is 3.36. The Balaban J connectivity index is 0.000000155. The van der Waals surface area contributed by atoms with Crippen molar-refractivity contribution in [1.29, 1.82) is 0 Å². The van der Waals surface area contributed by atoms with E-state index in [9.17, 15) is 0 Å². The Morgan fingerprint density at radius 1 is 0.513 bits per heavy atom. The monoisotopic (exact) mass is 580 g/mol. The summed E-state index contributed by atoms with van der Waals surface area (Å²) in [5.41, 5.74) is 12.4. The van der Waals surface area contributed by atoms with Gasteiger partial charge in [-0.2, -0.15) is 23.3 Å². The summed E-state index contributed by atoms with van der Waals surface area (Å²) >= 11 is -1.54. The Hall–Kier alpha value is -3.00. The first-order valence-electron chi connectivity index (χ1n) is 12.9. The van der Waals surface area contributed by atoms with E-state index in [1.807, 2.05) is 23.4 Å². The van der Waals surface area contributed by atoms with Crippen LogP contribution in [0.25, 0.3) is 44.5 Å². The van der Waals surface area contributed by atoms with Crippen molar-refractivity contribution in [2.45, 2.75) is 20.8 Å². The third kappa shape index (κ3) is 8.01. The summed E-state index contributed by atoms with van der Waals surface area (Å²) in [5.74, 6) is 0. The first-order chi connectivity index (χ1) is 19.0. The van der Waals surface area contributed by atoms with E-state index in [2.05, 4.69) is 135 Å². The van der Waals surface area contributed by atoms with Gasteiger partial charge in [-0.1, -0.05) is 110 Å². The molecule has 39 heavy (non-hydrogen) atoms. The molecule has 6 rings (SSSR count). The first kappa shape index (κ1) is 29.0. The molecular weight excluding hydrogens is 551 g/mol. The quantitative estimate of drug-likeness (QED) is 0.141. The molecule has 0 bridgehead atoms. The summed E-state index contributed by atoms with van der Waals surface area (Å²) in [7, 11) is 10.7. The van der Waals surface area contributed by atoms with Crippen LogP contribution in [0.1, 0.15) is 18.1 Å². The molecule has 0 heterocycles. The van der Waals surface area contributed by atoms with Crippen molar-refractivity contribution < 1.29 is 15.3 Å². The number of fused-ring (bicyclic) bond motifs is 2. The molecule has 3 heteroatoms. The van der Waals surface area contributed by atoms with Crippen LogP contribution in [-0.4, -0.2) is 4.31 Å². The summed E-state index contributed by atoms with van der Waals surface area (Å²) in [6, 6.07) is 49.1. The van der Waals surface area contributed by atoms with E-state index in [4.69, 9.17) is 18.6 Å². The molecule has 0 aliphatic heterocycles. The van der Waals surface area contributed by atoms with E-state index in [-0.39, 0.29) is 0 Å². The van der Waals surface area contributed by atoms with Crippen molar-refractivity contribution >= 4 is 22.9 Å². The summed E-state index contributed by atoms with van der Waals surface area (Å²) in [5, 5.41) is 0. The minimum Gasteiger partial charge on any atom is -0.165 e. The molecule has 0 saturated heterocycles. The maximum atomic E-state index is 5.34. The summed E-state index contributed by atoms with van der Waals surface area (Å²) in [4.78, 5) is 0. The smallest absolute Gasteiger partial charge is 0.0279 e. The molecular formula is C36H30Cl2Ti-2. The molecule has 0 amide bonds. The van der Waals surface area contributed by atoms with Crippen LogP contribution in [0.3, 0.4) is 0 Å². The second-order valence-corrected chi connectivity index (χ2v) is 15.1. The molecule has 0 spiro atoms. The van der Waals surface area contributed by atoms with Crippen molar-refractivity contribution in [3.8, 4) is 44.5 Å². The third-order valence-corrected chi connectivity index (χ3v) is 8.69. The van der Waals surface area contributed by atoms with Crippen LogP contribution in [0.5, 0.6) is 0 Å². The Bertz CT molecular complexity index is 1470. The van der Waals surface area contributed by atoms with E-state index in [1.54, 1.807) is 0 Å². The largest absolute Gasteiger partial charge is 0.165 e. The number of hydrogen-bond donors (Lipinski definition) is 0. The predicted molar refractivity (Wildman–Crippen MR) is 168 cm³/mol. The number of benzene rings is 2. The van der Waals surface area contributed by atoms with Gasteiger partial charge in [0, 0.05) is 0 Å². The molecule has 0 nitrogen and oxygen atoms in total. The maximum absolute atomic E-state index is 5.34. The van der Waals surface area contributed by atoms with Gasteiger partial charge in [0.2, 0.25) is 0 Å². The number of hydrogen-bond acceptors (Lipinski definition) is 0. The molecule has 194 valence electrons. The van der Waals surface area contributed by atoms with Gasteiger partial charge in [-0.25, -0.2) is 0 Å². The summed E-state index contributed by atoms with van der Waals surface area (Å²) in [6.45, 7) is 6.07. The topological polar surface area (TPSA) is 0 Å². The SMILES string of the molecule is C[CH]=[Ti]([Cl])[Cl].Cc1[c-]c2ccccc(-c3ccccc3)c-2c1.Cc1[c-]c2ccccc(-c3ccccc3)c-2c1. The van der Waals surface area contributed by atoms with Crippen LogP contribution in [-0.2, 0) is 15.3 Å². The first-order valence-corrected chi connectivity index (χ1v) is 18.1. The Morgan fingerprint density at radius 3 is 1.21 bits per heavy atom. The second kappa shape index (κ2) is 14.4. The number of halogens is 2.